The molecule has 0 aliphatic carbocycles. The number of nitrogens with zero attached hydrogens (tertiary/aromatic N) is 2. The smallest absolute Gasteiger partial charge is 0.332 e. The molecule has 0 aliphatic rings. The molecule has 0 bridgehead atoms. The van der Waals surface area contributed by atoms with Gasteiger partial charge in [-0.05, 0) is 15.9 Å². The van der Waals surface area contributed by atoms with Crippen molar-refractivity contribution in [2.75, 3.05) is 6.61 Å². The average molecular weight is 257 g/mol. The topological polar surface area (TPSA) is 65.3 Å². The van der Waals surface area contributed by atoms with Gasteiger partial charge in [0.1, 0.15) is 0 Å². The number of rotatable bonds is 3. The summed E-state index contributed by atoms with van der Waals surface area (Å²) in [5, 5.41) is 10.6. The maximum absolute atomic E-state index is 10.6. The van der Waals surface area contributed by atoms with Crippen LogP contribution in [0.5, 0.6) is 5.88 Å². The van der Waals surface area contributed by atoms with Crippen molar-refractivity contribution < 1.29 is 9.66 Å². The molecule has 1 aromatic heterocycles. The highest BCUT2D eigenvalue weighted by Gasteiger charge is 2.16. The summed E-state index contributed by atoms with van der Waals surface area (Å²) in [5.41, 5.74) is -0.213. The molecule has 0 radical (unpaired) electrons. The number of pyridine rings is 1. The Labute approximate surface area is 88.4 Å². The van der Waals surface area contributed by atoms with Gasteiger partial charge in [0.15, 0.2) is 6.61 Å². The Bertz CT molecular complexity index is 400. The van der Waals surface area contributed by atoms with E-state index in [0.29, 0.717) is 4.47 Å². The van der Waals surface area contributed by atoms with Gasteiger partial charge in [-0.1, -0.05) is 5.92 Å². The van der Waals surface area contributed by atoms with Gasteiger partial charge in [-0.25, -0.2) is 4.98 Å². The molecule has 6 heteroatoms. The summed E-state index contributed by atoms with van der Waals surface area (Å²) in [6.07, 6.45) is 6.35. The maximum atomic E-state index is 10.6. The average Bonchev–Trinajstić information content (AvgIpc) is 2.15. The Kier molecular flexibility index (Phi) is 3.42. The fourth-order valence-corrected chi connectivity index (χ4v) is 1.09. The summed E-state index contributed by atoms with van der Waals surface area (Å²) in [6.45, 7) is -0.0462. The second-order valence-electron chi connectivity index (χ2n) is 2.23. The SMILES string of the molecule is C#CCOc1ncc(Br)cc1[N+](=O)[O-]. The highest BCUT2D eigenvalue weighted by Crippen LogP contribution is 2.26. The first-order valence-corrected chi connectivity index (χ1v) is 4.30. The summed E-state index contributed by atoms with van der Waals surface area (Å²) in [4.78, 5) is 13.7. The largest absolute Gasteiger partial charge is 0.460 e. The molecule has 5 nitrogen and oxygen atoms in total. The molecule has 0 aromatic carbocycles. The predicted molar refractivity (Wildman–Crippen MR) is 52.9 cm³/mol. The zero-order valence-electron chi connectivity index (χ0n) is 6.94. The van der Waals surface area contributed by atoms with Crippen molar-refractivity contribution in [3.63, 3.8) is 0 Å². The van der Waals surface area contributed by atoms with Crippen LogP contribution in [0, 0.1) is 22.5 Å². The van der Waals surface area contributed by atoms with Crippen molar-refractivity contribution in [3.05, 3.63) is 26.9 Å². The van der Waals surface area contributed by atoms with Gasteiger partial charge in [-0.15, -0.1) is 6.42 Å². The molecule has 0 saturated heterocycles. The maximum Gasteiger partial charge on any atom is 0.332 e. The van der Waals surface area contributed by atoms with E-state index in [1.54, 1.807) is 0 Å². The Morgan fingerprint density at radius 2 is 2.50 bits per heavy atom. The van der Waals surface area contributed by atoms with Crippen molar-refractivity contribution in [1.82, 2.24) is 4.98 Å². The molecule has 1 aromatic rings. The van der Waals surface area contributed by atoms with Crippen LogP contribution >= 0.6 is 15.9 Å². The van der Waals surface area contributed by atoms with Crippen LogP contribution < -0.4 is 4.74 Å². The molecule has 1 rings (SSSR count). The highest BCUT2D eigenvalue weighted by atomic mass is 79.9. The van der Waals surface area contributed by atoms with E-state index in [1.807, 2.05) is 0 Å². The summed E-state index contributed by atoms with van der Waals surface area (Å²) in [6, 6.07) is 1.30. The zero-order chi connectivity index (χ0) is 10.6. The van der Waals surface area contributed by atoms with E-state index >= 15 is 0 Å². The van der Waals surface area contributed by atoms with Gasteiger partial charge in [0.2, 0.25) is 0 Å². The number of ether oxygens (including phenoxy) is 1. The third kappa shape index (κ3) is 2.44. The zero-order valence-corrected chi connectivity index (χ0v) is 8.52. The van der Waals surface area contributed by atoms with E-state index in [1.165, 1.54) is 12.3 Å². The van der Waals surface area contributed by atoms with Gasteiger partial charge in [-0.3, -0.25) is 10.1 Å². The predicted octanol–water partition coefficient (Wildman–Crippen LogP) is 1.76. The second-order valence-corrected chi connectivity index (χ2v) is 3.14. The van der Waals surface area contributed by atoms with Crippen LogP contribution in [0.15, 0.2) is 16.7 Å². The second kappa shape index (κ2) is 4.58. The Balaban J connectivity index is 3.03. The number of halogens is 1. The van der Waals surface area contributed by atoms with E-state index in [-0.39, 0.29) is 18.2 Å². The van der Waals surface area contributed by atoms with Gasteiger partial charge >= 0.3 is 5.69 Å². The van der Waals surface area contributed by atoms with Crippen molar-refractivity contribution in [2.45, 2.75) is 0 Å². The molecule has 14 heavy (non-hydrogen) atoms. The minimum absolute atomic E-state index is 0.0462. The summed E-state index contributed by atoms with van der Waals surface area (Å²) in [5.74, 6) is 2.13. The molecular formula is C8H5BrN2O3. The van der Waals surface area contributed by atoms with Crippen LogP contribution in [0.2, 0.25) is 0 Å². The fourth-order valence-electron chi connectivity index (χ4n) is 0.768. The lowest BCUT2D eigenvalue weighted by Gasteiger charge is -2.01. The quantitative estimate of drug-likeness (QED) is 0.470. The molecule has 0 amide bonds. The number of terminal acetylenes is 1. The molecule has 0 saturated carbocycles. The van der Waals surface area contributed by atoms with Crippen molar-refractivity contribution in [3.8, 4) is 18.2 Å². The van der Waals surface area contributed by atoms with E-state index in [4.69, 9.17) is 11.2 Å². The summed E-state index contributed by atoms with van der Waals surface area (Å²) >= 11 is 3.07. The van der Waals surface area contributed by atoms with Gasteiger partial charge in [-0.2, -0.15) is 0 Å². The molecule has 0 fully saturated rings. The molecule has 0 unspecified atom stereocenters. The minimum Gasteiger partial charge on any atom is -0.460 e. The first-order valence-electron chi connectivity index (χ1n) is 3.51. The fraction of sp³-hybridized carbons (Fsp3) is 0.125. The number of nitro groups is 1. The first kappa shape index (κ1) is 10.5. The molecule has 0 aliphatic heterocycles. The highest BCUT2D eigenvalue weighted by molar-refractivity contribution is 9.10. The van der Waals surface area contributed by atoms with Gasteiger partial charge in [0, 0.05) is 16.7 Å². The molecule has 0 atom stereocenters. The standard InChI is InChI=1S/C8H5BrN2O3/c1-2-3-14-8-7(11(12)13)4-6(9)5-10-8/h1,4-5H,3H2. The van der Waals surface area contributed by atoms with Crippen LogP contribution in [0.4, 0.5) is 5.69 Å². The molecule has 72 valence electrons. The summed E-state index contributed by atoms with van der Waals surface area (Å²) in [7, 11) is 0. The van der Waals surface area contributed by atoms with E-state index in [2.05, 4.69) is 26.8 Å². The van der Waals surface area contributed by atoms with Crippen molar-refractivity contribution >= 4 is 21.6 Å². The van der Waals surface area contributed by atoms with Crippen LogP contribution in [0.25, 0.3) is 0 Å². The number of hydrogen-bond donors (Lipinski definition) is 0. The lowest BCUT2D eigenvalue weighted by molar-refractivity contribution is -0.386. The molecule has 1 heterocycles. The van der Waals surface area contributed by atoms with Crippen molar-refractivity contribution in [1.29, 1.82) is 0 Å². The summed E-state index contributed by atoms with van der Waals surface area (Å²) < 4.78 is 5.40. The van der Waals surface area contributed by atoms with Gasteiger partial charge < -0.3 is 4.74 Å². The van der Waals surface area contributed by atoms with Crippen molar-refractivity contribution in [2.24, 2.45) is 0 Å². The molecular weight excluding hydrogens is 252 g/mol. The minimum atomic E-state index is -0.580. The van der Waals surface area contributed by atoms with Crippen LogP contribution in [-0.2, 0) is 0 Å². The first-order chi connectivity index (χ1) is 6.65. The monoisotopic (exact) mass is 256 g/mol. The Hall–Kier alpha value is -1.61. The van der Waals surface area contributed by atoms with E-state index in [9.17, 15) is 10.1 Å². The van der Waals surface area contributed by atoms with Gasteiger partial charge in [0.25, 0.3) is 5.88 Å². The van der Waals surface area contributed by atoms with Crippen LogP contribution in [0.3, 0.4) is 0 Å². The Morgan fingerprint density at radius 1 is 1.79 bits per heavy atom. The third-order valence-electron chi connectivity index (χ3n) is 1.29. The molecule has 0 spiro atoms. The lowest BCUT2D eigenvalue weighted by Crippen LogP contribution is -2.00. The van der Waals surface area contributed by atoms with E-state index < -0.39 is 4.92 Å². The van der Waals surface area contributed by atoms with Crippen LogP contribution in [0.1, 0.15) is 0 Å². The lowest BCUT2D eigenvalue weighted by atomic mass is 10.4. The van der Waals surface area contributed by atoms with E-state index in [0.717, 1.165) is 0 Å². The van der Waals surface area contributed by atoms with Crippen LogP contribution in [-0.4, -0.2) is 16.5 Å². The third-order valence-corrected chi connectivity index (χ3v) is 1.72. The normalized spacial score (nSPS) is 9.14. The van der Waals surface area contributed by atoms with Gasteiger partial charge in [0.05, 0.1) is 4.92 Å². The molecule has 0 N–H and O–H groups in total. The number of aromatic nitrogens is 1. The number of hydrogen-bond acceptors (Lipinski definition) is 4. The Morgan fingerprint density at radius 3 is 3.07 bits per heavy atom.